The average Bonchev–Trinajstić information content (AvgIpc) is 2.91. The summed E-state index contributed by atoms with van der Waals surface area (Å²) in [5.74, 6) is -0.0527. The van der Waals surface area contributed by atoms with Crippen LogP contribution in [-0.4, -0.2) is 33.9 Å². The van der Waals surface area contributed by atoms with Gasteiger partial charge in [-0.15, -0.1) is 0 Å². The summed E-state index contributed by atoms with van der Waals surface area (Å²) in [5, 5.41) is 4.91. The van der Waals surface area contributed by atoms with E-state index in [1.807, 2.05) is 50.2 Å². The lowest BCUT2D eigenvalue weighted by molar-refractivity contribution is 0.0947. The van der Waals surface area contributed by atoms with Gasteiger partial charge < -0.3 is 10.1 Å². The van der Waals surface area contributed by atoms with Gasteiger partial charge in [0.05, 0.1) is 12.0 Å². The van der Waals surface area contributed by atoms with Crippen LogP contribution in [0, 0.1) is 12.8 Å². The lowest BCUT2D eigenvalue weighted by Crippen LogP contribution is -2.31. The summed E-state index contributed by atoms with van der Waals surface area (Å²) in [6.45, 7) is 6.36. The van der Waals surface area contributed by atoms with Crippen molar-refractivity contribution in [3.63, 3.8) is 0 Å². The summed E-state index contributed by atoms with van der Waals surface area (Å²) in [6, 6.07) is 22.9. The van der Waals surface area contributed by atoms with Gasteiger partial charge >= 0.3 is 0 Å². The first kappa shape index (κ1) is 27.9. The Bertz CT molecular complexity index is 1640. The molecule has 4 aromatic carbocycles. The van der Waals surface area contributed by atoms with Crippen LogP contribution in [0.25, 0.3) is 10.8 Å². The SMILES string of the molecule is COc1cc(C(=O)NS(=O)(=O)c2ccccc2C)ccc1Cc1cccc2ccc(C(=O)NCC(C)C)cc12. The maximum absolute atomic E-state index is 12.9. The molecule has 0 bridgehead atoms. The molecule has 0 aliphatic heterocycles. The lowest BCUT2D eigenvalue weighted by Gasteiger charge is -2.14. The third kappa shape index (κ3) is 6.46. The maximum Gasteiger partial charge on any atom is 0.265 e. The van der Waals surface area contributed by atoms with Crippen molar-refractivity contribution < 1.29 is 22.7 Å². The number of carbonyl (C=O) groups excluding carboxylic acids is 2. The fourth-order valence-corrected chi connectivity index (χ4v) is 5.58. The van der Waals surface area contributed by atoms with Crippen molar-refractivity contribution in [2.45, 2.75) is 32.1 Å². The molecule has 0 saturated heterocycles. The summed E-state index contributed by atoms with van der Waals surface area (Å²) in [5.41, 5.74) is 3.10. The summed E-state index contributed by atoms with van der Waals surface area (Å²) in [6.07, 6.45) is 0.487. The first-order valence-electron chi connectivity index (χ1n) is 12.7. The van der Waals surface area contributed by atoms with Crippen LogP contribution in [0.2, 0.25) is 0 Å². The highest BCUT2D eigenvalue weighted by Crippen LogP contribution is 2.28. The molecule has 4 aromatic rings. The van der Waals surface area contributed by atoms with Crippen LogP contribution in [0.3, 0.4) is 0 Å². The van der Waals surface area contributed by atoms with Crippen molar-refractivity contribution in [2.24, 2.45) is 5.92 Å². The summed E-state index contributed by atoms with van der Waals surface area (Å²) in [7, 11) is -2.53. The number of carbonyl (C=O) groups is 2. The minimum Gasteiger partial charge on any atom is -0.496 e. The van der Waals surface area contributed by atoms with Crippen LogP contribution in [0.4, 0.5) is 0 Å². The fraction of sp³-hybridized carbons (Fsp3) is 0.226. The van der Waals surface area contributed by atoms with E-state index in [1.165, 1.54) is 19.2 Å². The molecule has 0 atom stereocenters. The Kier molecular flexibility index (Phi) is 8.35. The number of rotatable bonds is 9. The zero-order valence-corrected chi connectivity index (χ0v) is 23.3. The molecular weight excluding hydrogens is 512 g/mol. The van der Waals surface area contributed by atoms with Crippen molar-refractivity contribution in [3.8, 4) is 5.75 Å². The van der Waals surface area contributed by atoms with E-state index in [0.717, 1.165) is 21.9 Å². The van der Waals surface area contributed by atoms with Gasteiger partial charge in [0.2, 0.25) is 0 Å². The van der Waals surface area contributed by atoms with E-state index in [1.54, 1.807) is 37.3 Å². The molecule has 0 radical (unpaired) electrons. The zero-order valence-electron chi connectivity index (χ0n) is 22.4. The average molecular weight is 545 g/mol. The topological polar surface area (TPSA) is 102 Å². The number of methoxy groups -OCH3 is 1. The van der Waals surface area contributed by atoms with Crippen molar-refractivity contribution >= 4 is 32.6 Å². The smallest absolute Gasteiger partial charge is 0.265 e. The molecule has 0 saturated carbocycles. The molecule has 0 heterocycles. The Morgan fingerprint density at radius 3 is 2.28 bits per heavy atom. The number of benzene rings is 4. The summed E-state index contributed by atoms with van der Waals surface area (Å²) < 4.78 is 33.3. The second-order valence-corrected chi connectivity index (χ2v) is 11.5. The van der Waals surface area contributed by atoms with Gasteiger partial charge in [-0.25, -0.2) is 13.1 Å². The number of amides is 2. The Morgan fingerprint density at radius 1 is 0.846 bits per heavy atom. The molecule has 4 rings (SSSR count). The van der Waals surface area contributed by atoms with E-state index in [4.69, 9.17) is 4.74 Å². The van der Waals surface area contributed by atoms with Crippen LogP contribution in [0.15, 0.2) is 83.8 Å². The maximum atomic E-state index is 12.9. The van der Waals surface area contributed by atoms with Crippen LogP contribution in [-0.2, 0) is 16.4 Å². The lowest BCUT2D eigenvalue weighted by atomic mass is 9.95. The van der Waals surface area contributed by atoms with E-state index in [-0.39, 0.29) is 16.4 Å². The third-order valence-electron chi connectivity index (χ3n) is 6.45. The van der Waals surface area contributed by atoms with Crippen LogP contribution in [0.5, 0.6) is 5.75 Å². The minimum atomic E-state index is -4.03. The largest absolute Gasteiger partial charge is 0.496 e. The van der Waals surface area contributed by atoms with Crippen molar-refractivity contribution in [1.29, 1.82) is 0 Å². The Morgan fingerprint density at radius 2 is 1.56 bits per heavy atom. The first-order chi connectivity index (χ1) is 18.6. The van der Waals surface area contributed by atoms with Crippen molar-refractivity contribution in [2.75, 3.05) is 13.7 Å². The number of ether oxygens (including phenoxy) is 1. The number of sulfonamides is 1. The highest BCUT2D eigenvalue weighted by molar-refractivity contribution is 7.90. The molecule has 8 heteroatoms. The monoisotopic (exact) mass is 544 g/mol. The van der Waals surface area contributed by atoms with Gasteiger partial charge in [0, 0.05) is 24.1 Å². The van der Waals surface area contributed by atoms with Gasteiger partial charge in [0.1, 0.15) is 5.75 Å². The summed E-state index contributed by atoms with van der Waals surface area (Å²) in [4.78, 5) is 25.6. The van der Waals surface area contributed by atoms with E-state index >= 15 is 0 Å². The standard InChI is InChI=1S/C31H32N2O5S/c1-20(2)19-32-30(34)25-14-12-22-9-7-10-23(27(22)17-25)16-24-13-15-26(18-28(24)38-4)31(35)33-39(36,37)29-11-6-5-8-21(29)3/h5-15,17-18,20H,16,19H2,1-4H3,(H,32,34)(H,33,35). The number of aryl methyl sites for hydroxylation is 1. The van der Waals surface area contributed by atoms with Gasteiger partial charge in [0.25, 0.3) is 21.8 Å². The van der Waals surface area contributed by atoms with Crippen LogP contribution in [0.1, 0.15) is 51.3 Å². The number of nitrogens with one attached hydrogen (secondary N) is 2. The molecule has 0 aliphatic rings. The number of hydrogen-bond donors (Lipinski definition) is 2. The zero-order chi connectivity index (χ0) is 28.2. The molecular formula is C31H32N2O5S. The van der Waals surface area contributed by atoms with E-state index < -0.39 is 15.9 Å². The molecule has 0 unspecified atom stereocenters. The molecule has 2 amide bonds. The van der Waals surface area contributed by atoms with E-state index in [2.05, 4.69) is 10.0 Å². The predicted octanol–water partition coefficient (Wildman–Crippen LogP) is 5.25. The minimum absolute atomic E-state index is 0.0511. The fourth-order valence-electron chi connectivity index (χ4n) is 4.36. The van der Waals surface area contributed by atoms with Crippen molar-refractivity contribution in [3.05, 3.63) is 107 Å². The molecule has 0 spiro atoms. The van der Waals surface area contributed by atoms with Crippen LogP contribution >= 0.6 is 0 Å². The highest BCUT2D eigenvalue weighted by Gasteiger charge is 2.21. The van der Waals surface area contributed by atoms with Crippen LogP contribution < -0.4 is 14.8 Å². The first-order valence-corrected chi connectivity index (χ1v) is 14.2. The van der Waals surface area contributed by atoms with Gasteiger partial charge in [0.15, 0.2) is 0 Å². The Balaban J connectivity index is 1.60. The molecule has 2 N–H and O–H groups in total. The molecule has 0 aliphatic carbocycles. The molecule has 0 aromatic heterocycles. The van der Waals surface area contributed by atoms with Gasteiger partial charge in [-0.3, -0.25) is 9.59 Å². The predicted molar refractivity (Wildman–Crippen MR) is 153 cm³/mol. The molecule has 202 valence electrons. The highest BCUT2D eigenvalue weighted by atomic mass is 32.2. The van der Waals surface area contributed by atoms with E-state index in [9.17, 15) is 18.0 Å². The van der Waals surface area contributed by atoms with Gasteiger partial charge in [-0.05, 0) is 70.6 Å². The van der Waals surface area contributed by atoms with Gasteiger partial charge in [-0.2, -0.15) is 0 Å². The second-order valence-electron chi connectivity index (χ2n) is 9.86. The van der Waals surface area contributed by atoms with E-state index in [0.29, 0.717) is 35.8 Å². The Labute approximate surface area is 229 Å². The number of fused-ring (bicyclic) bond motifs is 1. The van der Waals surface area contributed by atoms with Gasteiger partial charge in [-0.1, -0.05) is 62.4 Å². The molecule has 0 fully saturated rings. The number of hydrogen-bond acceptors (Lipinski definition) is 5. The Hall–Kier alpha value is -4.17. The summed E-state index contributed by atoms with van der Waals surface area (Å²) >= 11 is 0. The third-order valence-corrected chi connectivity index (χ3v) is 7.94. The second kappa shape index (κ2) is 11.7. The quantitative estimate of drug-likeness (QED) is 0.300. The normalized spacial score (nSPS) is 11.4. The molecule has 39 heavy (non-hydrogen) atoms. The molecule has 7 nitrogen and oxygen atoms in total. The van der Waals surface area contributed by atoms with Crippen molar-refractivity contribution in [1.82, 2.24) is 10.0 Å².